The van der Waals surface area contributed by atoms with Gasteiger partial charge in [0, 0.05) is 56.9 Å². The fourth-order valence-electron chi connectivity index (χ4n) is 5.34. The molecule has 1 N–H and O–H groups in total. The van der Waals surface area contributed by atoms with Crippen LogP contribution in [0.3, 0.4) is 0 Å². The first-order valence-electron chi connectivity index (χ1n) is 13.8. The number of nitrogens with zero attached hydrogens (tertiary/aromatic N) is 3. The summed E-state index contributed by atoms with van der Waals surface area (Å²) >= 11 is 0. The van der Waals surface area contributed by atoms with Crippen molar-refractivity contribution in [3.63, 3.8) is 0 Å². The van der Waals surface area contributed by atoms with E-state index in [1.807, 2.05) is 7.05 Å². The molecular formula is C31H33F5N4O2. The Morgan fingerprint density at radius 1 is 0.929 bits per heavy atom. The molecule has 1 amide bonds. The maximum atomic E-state index is 15.2. The highest BCUT2D eigenvalue weighted by Gasteiger charge is 2.36. The van der Waals surface area contributed by atoms with Gasteiger partial charge in [0.05, 0.1) is 30.2 Å². The van der Waals surface area contributed by atoms with E-state index < -0.39 is 29.3 Å². The molecule has 3 aromatic rings. The maximum Gasteiger partial charge on any atom is 0.419 e. The maximum absolute atomic E-state index is 15.2. The normalized spacial score (nSPS) is 17.0. The van der Waals surface area contributed by atoms with Crippen LogP contribution in [0.5, 0.6) is 0 Å². The molecule has 0 aromatic heterocycles. The first kappa shape index (κ1) is 29.9. The van der Waals surface area contributed by atoms with Gasteiger partial charge < -0.3 is 19.9 Å². The SMILES string of the molecule is Cc1cc(C(=O)Nc2cc(-c3cc(CN4CCOCC4)ccc3F)ccc2N2CCN(C)CC2)cc(C(F)(F)F)c1F. The number of carbonyl (C=O) groups excluding carboxylic acids is 1. The molecule has 2 fully saturated rings. The lowest BCUT2D eigenvalue weighted by Gasteiger charge is -2.35. The molecule has 2 aliphatic heterocycles. The summed E-state index contributed by atoms with van der Waals surface area (Å²) in [7, 11) is 2.00. The largest absolute Gasteiger partial charge is 0.419 e. The number of morpholine rings is 1. The predicted octanol–water partition coefficient (Wildman–Crippen LogP) is 5.80. The van der Waals surface area contributed by atoms with Crippen LogP contribution in [0.1, 0.15) is 27.0 Å². The number of ether oxygens (including phenoxy) is 1. The van der Waals surface area contributed by atoms with Crippen LogP contribution in [-0.2, 0) is 17.5 Å². The van der Waals surface area contributed by atoms with Crippen molar-refractivity contribution in [3.8, 4) is 11.1 Å². The quantitative estimate of drug-likeness (QED) is 0.370. The van der Waals surface area contributed by atoms with Crippen molar-refractivity contribution in [2.45, 2.75) is 19.6 Å². The molecule has 0 atom stereocenters. The van der Waals surface area contributed by atoms with Crippen LogP contribution in [0.2, 0.25) is 0 Å². The van der Waals surface area contributed by atoms with Crippen LogP contribution in [0.15, 0.2) is 48.5 Å². The van der Waals surface area contributed by atoms with Gasteiger partial charge in [-0.1, -0.05) is 12.1 Å². The highest BCUT2D eigenvalue weighted by atomic mass is 19.4. The van der Waals surface area contributed by atoms with E-state index in [4.69, 9.17) is 4.74 Å². The number of amides is 1. The number of hydrogen-bond acceptors (Lipinski definition) is 5. The minimum absolute atomic E-state index is 0.290. The minimum Gasteiger partial charge on any atom is -0.379 e. The first-order chi connectivity index (χ1) is 20.0. The highest BCUT2D eigenvalue weighted by Crippen LogP contribution is 2.36. The lowest BCUT2D eigenvalue weighted by atomic mass is 10.00. The molecule has 0 spiro atoms. The number of rotatable bonds is 6. The number of halogens is 5. The zero-order chi connectivity index (χ0) is 30.0. The number of alkyl halides is 3. The Hall–Kier alpha value is -3.54. The summed E-state index contributed by atoms with van der Waals surface area (Å²) in [5, 5.41) is 2.74. The van der Waals surface area contributed by atoms with Crippen LogP contribution in [0.4, 0.5) is 33.3 Å². The van der Waals surface area contributed by atoms with E-state index in [1.54, 1.807) is 30.3 Å². The van der Waals surface area contributed by atoms with Gasteiger partial charge in [-0.3, -0.25) is 9.69 Å². The summed E-state index contributed by atoms with van der Waals surface area (Å²) in [6, 6.07) is 11.8. The third-order valence-electron chi connectivity index (χ3n) is 7.76. The molecule has 0 saturated carbocycles. The molecule has 224 valence electrons. The summed E-state index contributed by atoms with van der Waals surface area (Å²) in [5.41, 5.74) is 0.657. The average Bonchev–Trinajstić information content (AvgIpc) is 2.96. The van der Waals surface area contributed by atoms with Crippen molar-refractivity contribution in [1.82, 2.24) is 9.80 Å². The monoisotopic (exact) mass is 588 g/mol. The predicted molar refractivity (Wildman–Crippen MR) is 152 cm³/mol. The molecule has 2 saturated heterocycles. The molecule has 0 aliphatic carbocycles. The van der Waals surface area contributed by atoms with Crippen LogP contribution in [0, 0.1) is 18.6 Å². The molecule has 0 radical (unpaired) electrons. The zero-order valence-corrected chi connectivity index (χ0v) is 23.5. The Balaban J connectivity index is 1.50. The summed E-state index contributed by atoms with van der Waals surface area (Å²) in [6.45, 7) is 7.54. The molecule has 42 heavy (non-hydrogen) atoms. The van der Waals surface area contributed by atoms with Crippen molar-refractivity contribution in [2.75, 3.05) is 69.7 Å². The van der Waals surface area contributed by atoms with E-state index >= 15 is 4.39 Å². The number of piperazine rings is 1. The molecule has 11 heteroatoms. The van der Waals surface area contributed by atoms with Gasteiger partial charge in [0.2, 0.25) is 0 Å². The lowest BCUT2D eigenvalue weighted by Crippen LogP contribution is -2.44. The van der Waals surface area contributed by atoms with Crippen LogP contribution >= 0.6 is 0 Å². The van der Waals surface area contributed by atoms with E-state index in [2.05, 4.69) is 20.0 Å². The van der Waals surface area contributed by atoms with Crippen molar-refractivity contribution in [3.05, 3.63) is 82.4 Å². The summed E-state index contributed by atoms with van der Waals surface area (Å²) in [6.07, 6.45) is -4.96. The first-order valence-corrected chi connectivity index (χ1v) is 13.8. The number of benzene rings is 3. The van der Waals surface area contributed by atoms with Gasteiger partial charge in [-0.2, -0.15) is 13.2 Å². The number of carbonyl (C=O) groups is 1. The lowest BCUT2D eigenvalue weighted by molar-refractivity contribution is -0.140. The van der Waals surface area contributed by atoms with Crippen LogP contribution < -0.4 is 10.2 Å². The Morgan fingerprint density at radius 2 is 1.64 bits per heavy atom. The Labute approximate surface area is 241 Å². The fraction of sp³-hybridized carbons (Fsp3) is 0.387. The zero-order valence-electron chi connectivity index (χ0n) is 23.5. The van der Waals surface area contributed by atoms with E-state index in [0.717, 1.165) is 37.8 Å². The number of aryl methyl sites for hydroxylation is 1. The number of nitrogens with one attached hydrogen (secondary N) is 1. The fourth-order valence-corrected chi connectivity index (χ4v) is 5.34. The second kappa shape index (κ2) is 12.4. The van der Waals surface area contributed by atoms with Crippen LogP contribution in [0.25, 0.3) is 11.1 Å². The average molecular weight is 589 g/mol. The minimum atomic E-state index is -4.96. The molecule has 0 bridgehead atoms. The third-order valence-corrected chi connectivity index (χ3v) is 7.76. The van der Waals surface area contributed by atoms with Gasteiger partial charge in [-0.25, -0.2) is 8.78 Å². The summed E-state index contributed by atoms with van der Waals surface area (Å²) < 4.78 is 75.2. The van der Waals surface area contributed by atoms with Crippen molar-refractivity contribution < 1.29 is 31.5 Å². The second-order valence-corrected chi connectivity index (χ2v) is 10.8. The van der Waals surface area contributed by atoms with E-state index in [0.29, 0.717) is 61.4 Å². The molecule has 5 rings (SSSR count). The van der Waals surface area contributed by atoms with Gasteiger partial charge in [-0.05, 0) is 67.1 Å². The van der Waals surface area contributed by atoms with Crippen molar-refractivity contribution in [2.24, 2.45) is 0 Å². The van der Waals surface area contributed by atoms with E-state index in [-0.39, 0.29) is 11.1 Å². The van der Waals surface area contributed by atoms with Crippen molar-refractivity contribution in [1.29, 1.82) is 0 Å². The molecule has 2 aliphatic rings. The van der Waals surface area contributed by atoms with E-state index in [9.17, 15) is 22.4 Å². The summed E-state index contributed by atoms with van der Waals surface area (Å²) in [5.74, 6) is -2.67. The van der Waals surface area contributed by atoms with Crippen molar-refractivity contribution >= 4 is 17.3 Å². The molecule has 2 heterocycles. The van der Waals surface area contributed by atoms with Gasteiger partial charge in [-0.15, -0.1) is 0 Å². The topological polar surface area (TPSA) is 48.1 Å². The summed E-state index contributed by atoms with van der Waals surface area (Å²) in [4.78, 5) is 19.8. The Kier molecular flexibility index (Phi) is 8.81. The molecular weight excluding hydrogens is 555 g/mol. The molecule has 0 unspecified atom stereocenters. The third kappa shape index (κ3) is 6.74. The molecule has 3 aromatic carbocycles. The van der Waals surface area contributed by atoms with Gasteiger partial charge in [0.15, 0.2) is 0 Å². The number of hydrogen-bond donors (Lipinski definition) is 1. The van der Waals surface area contributed by atoms with E-state index in [1.165, 1.54) is 13.0 Å². The van der Waals surface area contributed by atoms with Gasteiger partial charge in [0.1, 0.15) is 11.6 Å². The molecule has 6 nitrogen and oxygen atoms in total. The number of anilines is 2. The highest BCUT2D eigenvalue weighted by molar-refractivity contribution is 6.06. The standard InChI is InChI=1S/C31H33F5N4O2/c1-20-15-23(17-25(29(20)33)31(34,35)36)30(41)37-27-18-22(4-6-28(27)40-9-7-38(2)8-10-40)24-16-21(3-5-26(24)32)19-39-11-13-42-14-12-39/h3-6,15-18H,7-14,19H2,1-2H3,(H,37,41). The smallest absolute Gasteiger partial charge is 0.379 e. The van der Waals surface area contributed by atoms with Crippen LogP contribution in [-0.4, -0.2) is 75.2 Å². The Bertz CT molecular complexity index is 1450. The van der Waals surface area contributed by atoms with Gasteiger partial charge >= 0.3 is 6.18 Å². The Morgan fingerprint density at radius 3 is 2.33 bits per heavy atom. The van der Waals surface area contributed by atoms with Gasteiger partial charge in [0.25, 0.3) is 5.91 Å². The second-order valence-electron chi connectivity index (χ2n) is 10.8. The number of likely N-dealkylation sites (N-methyl/N-ethyl adjacent to an activating group) is 1.